The van der Waals surface area contributed by atoms with E-state index in [1.54, 1.807) is 0 Å². The van der Waals surface area contributed by atoms with Crippen LogP contribution in [0.25, 0.3) is 71.7 Å². The van der Waals surface area contributed by atoms with E-state index in [1.165, 1.54) is 50.0 Å². The molecule has 0 N–H and O–H groups in total. The summed E-state index contributed by atoms with van der Waals surface area (Å²) in [7, 11) is 0. The number of anilines is 3. The fourth-order valence-corrected chi connectivity index (χ4v) is 7.33. The van der Waals surface area contributed by atoms with Crippen molar-refractivity contribution >= 4 is 60.8 Å². The molecule has 0 saturated carbocycles. The molecule has 0 amide bonds. The topological polar surface area (TPSA) is 21.3 Å². The van der Waals surface area contributed by atoms with Crippen molar-refractivity contribution in [2.75, 3.05) is 4.90 Å². The first-order valence-electron chi connectivity index (χ1n) is 15.4. The Kier molecular flexibility index (Phi) is 5.00. The van der Waals surface area contributed by atoms with E-state index in [4.69, 9.17) is 4.42 Å². The number of benzene rings is 7. The van der Waals surface area contributed by atoms with Gasteiger partial charge >= 0.3 is 0 Å². The Morgan fingerprint density at radius 1 is 0.422 bits per heavy atom. The first-order chi connectivity index (χ1) is 22.3. The average Bonchev–Trinajstić information content (AvgIpc) is 3.66. The summed E-state index contributed by atoms with van der Waals surface area (Å²) in [5, 5.41) is 4.79. The maximum atomic E-state index is 6.42. The molecule has 2 aromatic heterocycles. The highest BCUT2D eigenvalue weighted by Crippen LogP contribution is 2.51. The summed E-state index contributed by atoms with van der Waals surface area (Å²) in [5.41, 5.74) is 13.6. The Morgan fingerprint density at radius 2 is 1.13 bits per heavy atom. The lowest BCUT2D eigenvalue weighted by Gasteiger charge is -2.33. The van der Waals surface area contributed by atoms with Gasteiger partial charge in [0.1, 0.15) is 11.2 Å². The Balaban J connectivity index is 1.24. The minimum Gasteiger partial charge on any atom is -0.455 e. The summed E-state index contributed by atoms with van der Waals surface area (Å²) >= 11 is 0. The molecule has 0 atom stereocenters. The van der Waals surface area contributed by atoms with Gasteiger partial charge in [0.05, 0.1) is 28.1 Å². The smallest absolute Gasteiger partial charge is 0.143 e. The van der Waals surface area contributed by atoms with E-state index in [0.717, 1.165) is 38.8 Å². The van der Waals surface area contributed by atoms with Gasteiger partial charge in [0, 0.05) is 32.8 Å². The molecule has 0 unspecified atom stereocenters. The highest BCUT2D eigenvalue weighted by molar-refractivity contribution is 6.18. The molecule has 9 aromatic rings. The van der Waals surface area contributed by atoms with Gasteiger partial charge in [-0.1, -0.05) is 103 Å². The van der Waals surface area contributed by atoms with Crippen LogP contribution in [0.2, 0.25) is 0 Å². The van der Waals surface area contributed by atoms with E-state index in [9.17, 15) is 0 Å². The van der Waals surface area contributed by atoms with Gasteiger partial charge in [0.2, 0.25) is 0 Å². The number of furan rings is 1. The summed E-state index contributed by atoms with van der Waals surface area (Å²) in [6.07, 6.45) is 0. The van der Waals surface area contributed by atoms with Crippen LogP contribution in [0, 0.1) is 0 Å². The molecule has 0 spiro atoms. The molecule has 0 bridgehead atoms. The summed E-state index contributed by atoms with van der Waals surface area (Å²) in [4.78, 5) is 2.42. The lowest BCUT2D eigenvalue weighted by atomic mass is 9.95. The van der Waals surface area contributed by atoms with Gasteiger partial charge in [0.15, 0.2) is 0 Å². The quantitative estimate of drug-likeness (QED) is 0.209. The first-order valence-corrected chi connectivity index (χ1v) is 15.4. The monoisotopic (exact) mass is 574 g/mol. The largest absolute Gasteiger partial charge is 0.455 e. The molecule has 0 aliphatic carbocycles. The SMILES string of the molecule is c1ccc(N2c3ccccc3-n3c4ccccc4c4cc(-c5cccc(-c6cccc7c6oc6ccccc67)c5)cc2c43)cc1. The minimum atomic E-state index is 0.915. The first kappa shape index (κ1) is 24.4. The van der Waals surface area contributed by atoms with Crippen LogP contribution in [0.5, 0.6) is 0 Å². The molecule has 7 aromatic carbocycles. The average molecular weight is 575 g/mol. The zero-order valence-corrected chi connectivity index (χ0v) is 24.3. The second-order valence-electron chi connectivity index (χ2n) is 11.8. The number of aromatic nitrogens is 1. The van der Waals surface area contributed by atoms with Crippen LogP contribution in [0.4, 0.5) is 17.1 Å². The lowest BCUT2D eigenvalue weighted by molar-refractivity contribution is 0.670. The molecule has 1 aliphatic rings. The number of rotatable bonds is 3. The fourth-order valence-electron chi connectivity index (χ4n) is 7.33. The third-order valence-electron chi connectivity index (χ3n) is 9.28. The van der Waals surface area contributed by atoms with Crippen molar-refractivity contribution in [3.63, 3.8) is 0 Å². The predicted molar refractivity (Wildman–Crippen MR) is 187 cm³/mol. The Morgan fingerprint density at radius 3 is 2.04 bits per heavy atom. The van der Waals surface area contributed by atoms with Gasteiger partial charge in [-0.15, -0.1) is 0 Å². The molecule has 10 rings (SSSR count). The van der Waals surface area contributed by atoms with E-state index in [2.05, 4.69) is 155 Å². The van der Waals surface area contributed by atoms with E-state index in [1.807, 2.05) is 12.1 Å². The Bertz CT molecular complexity index is 2610. The van der Waals surface area contributed by atoms with Crippen LogP contribution < -0.4 is 4.90 Å². The van der Waals surface area contributed by atoms with Crippen LogP contribution >= 0.6 is 0 Å². The van der Waals surface area contributed by atoms with Crippen molar-refractivity contribution in [3.8, 4) is 27.9 Å². The van der Waals surface area contributed by atoms with Crippen molar-refractivity contribution in [3.05, 3.63) is 158 Å². The van der Waals surface area contributed by atoms with Gasteiger partial charge in [-0.2, -0.15) is 0 Å². The van der Waals surface area contributed by atoms with E-state index < -0.39 is 0 Å². The van der Waals surface area contributed by atoms with Crippen molar-refractivity contribution in [1.29, 1.82) is 0 Å². The maximum absolute atomic E-state index is 6.42. The third-order valence-corrected chi connectivity index (χ3v) is 9.28. The van der Waals surface area contributed by atoms with E-state index >= 15 is 0 Å². The molecule has 45 heavy (non-hydrogen) atoms. The second kappa shape index (κ2) is 9.22. The van der Waals surface area contributed by atoms with Crippen LogP contribution in [0.1, 0.15) is 0 Å². The van der Waals surface area contributed by atoms with Crippen molar-refractivity contribution in [1.82, 2.24) is 4.57 Å². The van der Waals surface area contributed by atoms with Crippen LogP contribution in [0.3, 0.4) is 0 Å². The predicted octanol–water partition coefficient (Wildman–Crippen LogP) is 11.8. The number of hydrogen-bond acceptors (Lipinski definition) is 2. The fraction of sp³-hybridized carbons (Fsp3) is 0. The zero-order chi connectivity index (χ0) is 29.5. The second-order valence-corrected chi connectivity index (χ2v) is 11.8. The van der Waals surface area contributed by atoms with Crippen LogP contribution in [-0.2, 0) is 0 Å². The standard InChI is InChI=1S/C42H26N2O/c1-2-14-30(15-3-1)43-37-21-7-8-22-38(37)44-36-20-6-4-16-32(36)35-25-29(26-39(43)41(35)44)27-12-10-13-28(24-27)31-18-11-19-34-33-17-5-9-23-40(33)45-42(31)34/h1-26H. The van der Waals surface area contributed by atoms with Crippen molar-refractivity contribution in [2.45, 2.75) is 0 Å². The minimum absolute atomic E-state index is 0.915. The maximum Gasteiger partial charge on any atom is 0.143 e. The van der Waals surface area contributed by atoms with E-state index in [0.29, 0.717) is 0 Å². The number of para-hydroxylation sites is 6. The Hall–Kier alpha value is -6.06. The molecular formula is C42H26N2O. The molecule has 210 valence electrons. The van der Waals surface area contributed by atoms with E-state index in [-0.39, 0.29) is 0 Å². The number of fused-ring (bicyclic) bond motifs is 8. The number of hydrogen-bond donors (Lipinski definition) is 0. The van der Waals surface area contributed by atoms with Gasteiger partial charge in [-0.25, -0.2) is 0 Å². The van der Waals surface area contributed by atoms with Crippen LogP contribution in [-0.4, -0.2) is 4.57 Å². The molecule has 3 heteroatoms. The zero-order valence-electron chi connectivity index (χ0n) is 24.3. The molecule has 0 saturated heterocycles. The van der Waals surface area contributed by atoms with Crippen molar-refractivity contribution < 1.29 is 4.42 Å². The molecule has 3 heterocycles. The third kappa shape index (κ3) is 3.46. The summed E-state index contributed by atoms with van der Waals surface area (Å²) in [6, 6.07) is 56.5. The van der Waals surface area contributed by atoms with Gasteiger partial charge < -0.3 is 13.9 Å². The van der Waals surface area contributed by atoms with Gasteiger partial charge in [0.25, 0.3) is 0 Å². The van der Waals surface area contributed by atoms with Crippen molar-refractivity contribution in [2.24, 2.45) is 0 Å². The van der Waals surface area contributed by atoms with Gasteiger partial charge in [-0.3, -0.25) is 0 Å². The summed E-state index contributed by atoms with van der Waals surface area (Å²) in [5.74, 6) is 0. The summed E-state index contributed by atoms with van der Waals surface area (Å²) < 4.78 is 8.86. The van der Waals surface area contributed by atoms with Gasteiger partial charge in [-0.05, 0) is 71.3 Å². The molecular weight excluding hydrogens is 548 g/mol. The Labute approximate surface area is 259 Å². The molecule has 0 radical (unpaired) electrons. The highest BCUT2D eigenvalue weighted by atomic mass is 16.3. The molecule has 0 fully saturated rings. The number of nitrogens with zero attached hydrogens (tertiary/aromatic N) is 2. The lowest BCUT2D eigenvalue weighted by Crippen LogP contribution is -2.18. The normalized spacial score (nSPS) is 12.4. The molecule has 3 nitrogen and oxygen atoms in total. The van der Waals surface area contributed by atoms with Crippen LogP contribution in [0.15, 0.2) is 162 Å². The molecule has 1 aliphatic heterocycles. The highest BCUT2D eigenvalue weighted by Gasteiger charge is 2.29. The summed E-state index contributed by atoms with van der Waals surface area (Å²) in [6.45, 7) is 0.